The Kier molecular flexibility index (Phi) is 3.53. The first kappa shape index (κ1) is 12.9. The van der Waals surface area contributed by atoms with Gasteiger partial charge in [0.1, 0.15) is 11.5 Å². The molecule has 0 atom stereocenters. The molecule has 20 heavy (non-hydrogen) atoms. The normalized spacial score (nSPS) is 10.9. The highest BCUT2D eigenvalue weighted by Crippen LogP contribution is 2.24. The molecule has 2 N–H and O–H groups in total. The Morgan fingerprint density at radius 1 is 1.30 bits per heavy atom. The molecule has 7 heteroatoms. The SMILES string of the molecule is NCCc1nc(-c2nc(-c3cccc(F)c3)no2)cs1. The summed E-state index contributed by atoms with van der Waals surface area (Å²) < 4.78 is 18.3. The average Bonchev–Trinajstić information content (AvgIpc) is 3.07. The molecule has 0 aliphatic rings. The number of nitrogens with zero attached hydrogens (tertiary/aromatic N) is 3. The van der Waals surface area contributed by atoms with Crippen LogP contribution < -0.4 is 5.73 Å². The summed E-state index contributed by atoms with van der Waals surface area (Å²) in [6, 6.07) is 6.04. The van der Waals surface area contributed by atoms with Crippen LogP contribution in [0.1, 0.15) is 5.01 Å². The fourth-order valence-corrected chi connectivity index (χ4v) is 2.51. The van der Waals surface area contributed by atoms with Gasteiger partial charge in [-0.25, -0.2) is 9.37 Å². The van der Waals surface area contributed by atoms with E-state index in [0.717, 1.165) is 11.4 Å². The third-order valence-electron chi connectivity index (χ3n) is 2.64. The van der Waals surface area contributed by atoms with Crippen molar-refractivity contribution < 1.29 is 8.91 Å². The molecule has 0 bridgehead atoms. The van der Waals surface area contributed by atoms with Crippen LogP contribution in [0.25, 0.3) is 23.0 Å². The molecular weight excluding hydrogens is 279 g/mol. The first-order valence-corrected chi connectivity index (χ1v) is 6.89. The Morgan fingerprint density at radius 3 is 3.00 bits per heavy atom. The fraction of sp³-hybridized carbons (Fsp3) is 0.154. The number of thiazole rings is 1. The van der Waals surface area contributed by atoms with Gasteiger partial charge in [0.2, 0.25) is 5.82 Å². The van der Waals surface area contributed by atoms with Crippen molar-refractivity contribution in [2.45, 2.75) is 6.42 Å². The lowest BCUT2D eigenvalue weighted by atomic mass is 10.2. The lowest BCUT2D eigenvalue weighted by Crippen LogP contribution is -2.01. The van der Waals surface area contributed by atoms with Crippen molar-refractivity contribution in [1.82, 2.24) is 15.1 Å². The molecular formula is C13H11FN4OS. The van der Waals surface area contributed by atoms with Gasteiger partial charge in [-0.15, -0.1) is 11.3 Å². The predicted octanol–water partition coefficient (Wildman–Crippen LogP) is 2.50. The number of rotatable bonds is 4. The van der Waals surface area contributed by atoms with Crippen LogP contribution in [-0.2, 0) is 6.42 Å². The molecule has 0 spiro atoms. The van der Waals surface area contributed by atoms with Crippen LogP contribution in [0.4, 0.5) is 4.39 Å². The van der Waals surface area contributed by atoms with Crippen molar-refractivity contribution in [1.29, 1.82) is 0 Å². The molecule has 0 aliphatic heterocycles. The van der Waals surface area contributed by atoms with E-state index in [1.807, 2.05) is 5.38 Å². The second kappa shape index (κ2) is 5.48. The van der Waals surface area contributed by atoms with Crippen molar-refractivity contribution >= 4 is 11.3 Å². The zero-order valence-electron chi connectivity index (χ0n) is 10.4. The van der Waals surface area contributed by atoms with Crippen LogP contribution in [0.2, 0.25) is 0 Å². The van der Waals surface area contributed by atoms with Crippen molar-refractivity contribution in [3.8, 4) is 23.0 Å². The molecule has 0 fully saturated rings. The minimum atomic E-state index is -0.340. The molecule has 2 aromatic heterocycles. The zero-order valence-corrected chi connectivity index (χ0v) is 11.2. The van der Waals surface area contributed by atoms with Gasteiger partial charge in [-0.3, -0.25) is 0 Å². The first-order valence-electron chi connectivity index (χ1n) is 6.01. The van der Waals surface area contributed by atoms with E-state index >= 15 is 0 Å². The number of halogens is 1. The van der Waals surface area contributed by atoms with E-state index in [4.69, 9.17) is 10.3 Å². The molecule has 3 rings (SSSR count). The summed E-state index contributed by atoms with van der Waals surface area (Å²) >= 11 is 1.50. The number of benzene rings is 1. The number of aromatic nitrogens is 3. The van der Waals surface area contributed by atoms with E-state index in [0.29, 0.717) is 29.5 Å². The quantitative estimate of drug-likeness (QED) is 0.798. The summed E-state index contributed by atoms with van der Waals surface area (Å²) in [5.41, 5.74) is 6.67. The topological polar surface area (TPSA) is 77.8 Å². The van der Waals surface area contributed by atoms with Crippen LogP contribution in [0.5, 0.6) is 0 Å². The summed E-state index contributed by atoms with van der Waals surface area (Å²) in [7, 11) is 0. The van der Waals surface area contributed by atoms with Crippen molar-refractivity contribution in [2.75, 3.05) is 6.54 Å². The minimum absolute atomic E-state index is 0.323. The number of hydrogen-bond donors (Lipinski definition) is 1. The minimum Gasteiger partial charge on any atom is -0.332 e. The van der Waals surface area contributed by atoms with Crippen LogP contribution in [-0.4, -0.2) is 21.7 Å². The Hall–Kier alpha value is -2.12. The number of hydrogen-bond acceptors (Lipinski definition) is 6. The van der Waals surface area contributed by atoms with Gasteiger partial charge in [0.15, 0.2) is 0 Å². The van der Waals surface area contributed by atoms with Gasteiger partial charge in [-0.1, -0.05) is 17.3 Å². The van der Waals surface area contributed by atoms with Gasteiger partial charge in [-0.2, -0.15) is 4.98 Å². The average molecular weight is 290 g/mol. The van der Waals surface area contributed by atoms with Crippen LogP contribution >= 0.6 is 11.3 Å². The second-order valence-corrected chi connectivity index (χ2v) is 5.04. The van der Waals surface area contributed by atoms with Crippen molar-refractivity contribution in [3.05, 3.63) is 40.5 Å². The lowest BCUT2D eigenvalue weighted by molar-refractivity contribution is 0.431. The molecule has 102 valence electrons. The molecule has 3 aromatic rings. The van der Waals surface area contributed by atoms with Gasteiger partial charge < -0.3 is 10.3 Å². The summed E-state index contributed by atoms with van der Waals surface area (Å²) in [6.07, 6.45) is 0.718. The maximum atomic E-state index is 13.2. The summed E-state index contributed by atoms with van der Waals surface area (Å²) in [6.45, 7) is 0.547. The van der Waals surface area contributed by atoms with Crippen LogP contribution in [0, 0.1) is 5.82 Å². The summed E-state index contributed by atoms with van der Waals surface area (Å²) in [5, 5.41) is 6.61. The molecule has 2 heterocycles. The largest absolute Gasteiger partial charge is 0.332 e. The molecule has 0 radical (unpaired) electrons. The summed E-state index contributed by atoms with van der Waals surface area (Å²) in [4.78, 5) is 8.60. The molecule has 0 amide bonds. The van der Waals surface area contributed by atoms with Crippen molar-refractivity contribution in [2.24, 2.45) is 5.73 Å². The van der Waals surface area contributed by atoms with Crippen molar-refractivity contribution in [3.63, 3.8) is 0 Å². The highest BCUT2D eigenvalue weighted by molar-refractivity contribution is 7.09. The Balaban J connectivity index is 1.89. The van der Waals surface area contributed by atoms with Gasteiger partial charge in [-0.05, 0) is 18.7 Å². The molecule has 0 saturated heterocycles. The Morgan fingerprint density at radius 2 is 2.20 bits per heavy atom. The molecule has 5 nitrogen and oxygen atoms in total. The van der Waals surface area contributed by atoms with Crippen LogP contribution in [0.15, 0.2) is 34.2 Å². The number of nitrogens with two attached hydrogens (primary N) is 1. The Labute approximate surface area is 118 Å². The second-order valence-electron chi connectivity index (χ2n) is 4.10. The van der Waals surface area contributed by atoms with E-state index < -0.39 is 0 Å². The van der Waals surface area contributed by atoms with E-state index in [1.54, 1.807) is 12.1 Å². The molecule has 0 unspecified atom stereocenters. The summed E-state index contributed by atoms with van der Waals surface area (Å²) in [5.74, 6) is 0.324. The highest BCUT2D eigenvalue weighted by Gasteiger charge is 2.13. The zero-order chi connectivity index (χ0) is 13.9. The van der Waals surface area contributed by atoms with E-state index in [9.17, 15) is 4.39 Å². The monoisotopic (exact) mass is 290 g/mol. The van der Waals surface area contributed by atoms with Gasteiger partial charge in [0.05, 0.1) is 5.01 Å². The third kappa shape index (κ3) is 2.59. The molecule has 1 aromatic carbocycles. The standard InChI is InChI=1S/C13H11FN4OS/c14-9-3-1-2-8(6-9)12-17-13(19-18-12)10-7-20-11(16-10)4-5-15/h1-3,6-7H,4-5,15H2. The first-order chi connectivity index (χ1) is 9.76. The molecule has 0 aliphatic carbocycles. The Bertz CT molecular complexity index is 724. The highest BCUT2D eigenvalue weighted by atomic mass is 32.1. The predicted molar refractivity (Wildman–Crippen MR) is 73.6 cm³/mol. The van der Waals surface area contributed by atoms with E-state index in [2.05, 4.69) is 15.1 Å². The van der Waals surface area contributed by atoms with E-state index in [1.165, 1.54) is 23.5 Å². The van der Waals surface area contributed by atoms with E-state index in [-0.39, 0.29) is 5.82 Å². The van der Waals surface area contributed by atoms with Gasteiger partial charge in [0.25, 0.3) is 5.89 Å². The van der Waals surface area contributed by atoms with Crippen LogP contribution in [0.3, 0.4) is 0 Å². The lowest BCUT2D eigenvalue weighted by Gasteiger charge is -1.92. The third-order valence-corrected chi connectivity index (χ3v) is 3.55. The van der Waals surface area contributed by atoms with Gasteiger partial charge in [0, 0.05) is 17.4 Å². The maximum absolute atomic E-state index is 13.2. The smallest absolute Gasteiger partial charge is 0.277 e. The molecule has 0 saturated carbocycles. The fourth-order valence-electron chi connectivity index (χ4n) is 1.72. The maximum Gasteiger partial charge on any atom is 0.277 e. The van der Waals surface area contributed by atoms with Gasteiger partial charge >= 0.3 is 0 Å².